The molecule has 3 aromatic rings. The second-order valence-corrected chi connectivity index (χ2v) is 6.39. The van der Waals surface area contributed by atoms with Gasteiger partial charge in [0.25, 0.3) is 0 Å². The number of benzene rings is 2. The van der Waals surface area contributed by atoms with E-state index in [1.807, 2.05) is 41.0 Å². The summed E-state index contributed by atoms with van der Waals surface area (Å²) < 4.78 is 7.02. The lowest BCUT2D eigenvalue weighted by molar-refractivity contribution is -0.152. The Labute approximate surface area is 154 Å². The number of rotatable bonds is 3. The van der Waals surface area contributed by atoms with Crippen molar-refractivity contribution in [2.24, 2.45) is 5.92 Å². The van der Waals surface area contributed by atoms with Gasteiger partial charge in [0, 0.05) is 5.02 Å². The summed E-state index contributed by atoms with van der Waals surface area (Å²) in [5, 5.41) is 3.20. The van der Waals surface area contributed by atoms with Gasteiger partial charge < -0.3 is 9.30 Å². The van der Waals surface area contributed by atoms with Gasteiger partial charge in [-0.2, -0.15) is 0 Å². The van der Waals surface area contributed by atoms with E-state index in [0.717, 1.165) is 11.0 Å². The number of esters is 1. The summed E-state index contributed by atoms with van der Waals surface area (Å²) in [7, 11) is 0. The van der Waals surface area contributed by atoms with E-state index in [9.17, 15) is 9.59 Å². The summed E-state index contributed by atoms with van der Waals surface area (Å²) >= 11 is 6.42. The van der Waals surface area contributed by atoms with Crippen LogP contribution >= 0.6 is 11.6 Å². The molecule has 6 nitrogen and oxygen atoms in total. The molecule has 26 heavy (non-hydrogen) atoms. The number of amides is 1. The lowest BCUT2D eigenvalue weighted by atomic mass is 9.90. The molecule has 0 fully saturated rings. The molecule has 1 aromatic heterocycles. The smallest absolute Gasteiger partial charge is 0.321 e. The van der Waals surface area contributed by atoms with Gasteiger partial charge in [-0.3, -0.25) is 14.9 Å². The van der Waals surface area contributed by atoms with Crippen LogP contribution in [0.5, 0.6) is 0 Å². The Hall–Kier alpha value is -2.86. The van der Waals surface area contributed by atoms with Gasteiger partial charge in [0.2, 0.25) is 11.9 Å². The molecule has 0 bridgehead atoms. The van der Waals surface area contributed by atoms with Gasteiger partial charge >= 0.3 is 5.97 Å². The van der Waals surface area contributed by atoms with E-state index >= 15 is 0 Å². The van der Waals surface area contributed by atoms with Gasteiger partial charge in [-0.1, -0.05) is 41.9 Å². The average Bonchev–Trinajstić information content (AvgIpc) is 2.99. The first-order valence-electron chi connectivity index (χ1n) is 8.30. The van der Waals surface area contributed by atoms with Crippen molar-refractivity contribution in [2.45, 2.75) is 13.0 Å². The zero-order valence-electron chi connectivity index (χ0n) is 14.0. The Bertz CT molecular complexity index is 1010. The number of halogens is 1. The largest absolute Gasteiger partial charge is 0.465 e. The Morgan fingerprint density at radius 2 is 1.96 bits per heavy atom. The number of aromatic nitrogens is 2. The lowest BCUT2D eigenvalue weighted by Crippen LogP contribution is -2.43. The second kappa shape index (κ2) is 6.46. The Balaban J connectivity index is 1.99. The van der Waals surface area contributed by atoms with Crippen LogP contribution in [-0.2, 0) is 14.3 Å². The van der Waals surface area contributed by atoms with Crippen molar-refractivity contribution in [3.8, 4) is 0 Å². The van der Waals surface area contributed by atoms with Crippen molar-refractivity contribution in [2.75, 3.05) is 11.9 Å². The van der Waals surface area contributed by atoms with Crippen LogP contribution in [0.1, 0.15) is 18.5 Å². The SMILES string of the molecule is CCOC(=O)[C@@H]1C(=O)Nc2nc3ccccc3n2[C@@H]1c1ccccc1Cl. The third-order valence-electron chi connectivity index (χ3n) is 4.47. The minimum Gasteiger partial charge on any atom is -0.465 e. The molecule has 132 valence electrons. The number of hydrogen-bond acceptors (Lipinski definition) is 4. The Kier molecular flexibility index (Phi) is 4.12. The summed E-state index contributed by atoms with van der Waals surface area (Å²) in [6, 6.07) is 14.1. The first kappa shape index (κ1) is 16.6. The molecular formula is C19H16ClN3O3. The van der Waals surface area contributed by atoms with E-state index in [4.69, 9.17) is 16.3 Å². The third-order valence-corrected chi connectivity index (χ3v) is 4.82. The van der Waals surface area contributed by atoms with Gasteiger partial charge in [-0.25, -0.2) is 4.98 Å². The predicted octanol–water partition coefficient (Wildman–Crippen LogP) is 3.41. The summed E-state index contributed by atoms with van der Waals surface area (Å²) in [4.78, 5) is 29.8. The maximum atomic E-state index is 12.7. The lowest BCUT2D eigenvalue weighted by Gasteiger charge is -2.32. The van der Waals surface area contributed by atoms with Crippen molar-refractivity contribution < 1.29 is 14.3 Å². The number of carbonyl (C=O) groups is 2. The van der Waals surface area contributed by atoms with E-state index in [1.165, 1.54) is 0 Å². The number of fused-ring (bicyclic) bond motifs is 3. The van der Waals surface area contributed by atoms with E-state index in [-0.39, 0.29) is 6.61 Å². The maximum absolute atomic E-state index is 12.7. The van der Waals surface area contributed by atoms with Gasteiger partial charge in [-0.15, -0.1) is 0 Å². The highest BCUT2D eigenvalue weighted by Gasteiger charge is 2.44. The van der Waals surface area contributed by atoms with Crippen molar-refractivity contribution in [1.82, 2.24) is 9.55 Å². The number of nitrogens with zero attached hydrogens (tertiary/aromatic N) is 2. The summed E-state index contributed by atoms with van der Waals surface area (Å²) in [6.45, 7) is 1.90. The second-order valence-electron chi connectivity index (χ2n) is 5.98. The highest BCUT2D eigenvalue weighted by atomic mass is 35.5. The normalized spacial score (nSPS) is 19.1. The number of ether oxygens (including phenoxy) is 1. The van der Waals surface area contributed by atoms with Crippen molar-refractivity contribution in [3.05, 3.63) is 59.1 Å². The van der Waals surface area contributed by atoms with Crippen LogP contribution in [0, 0.1) is 5.92 Å². The number of nitrogens with one attached hydrogen (secondary N) is 1. The van der Waals surface area contributed by atoms with Crippen LogP contribution in [0.2, 0.25) is 5.02 Å². The van der Waals surface area contributed by atoms with Crippen LogP contribution < -0.4 is 5.32 Å². The molecule has 0 saturated carbocycles. The minimum absolute atomic E-state index is 0.190. The summed E-state index contributed by atoms with van der Waals surface area (Å²) in [5.41, 5.74) is 2.21. The number of anilines is 1. The Morgan fingerprint density at radius 1 is 1.23 bits per heavy atom. The molecule has 1 aliphatic rings. The first-order valence-corrected chi connectivity index (χ1v) is 8.68. The van der Waals surface area contributed by atoms with Gasteiger partial charge in [0.05, 0.1) is 23.7 Å². The molecule has 7 heteroatoms. The fourth-order valence-corrected chi connectivity index (χ4v) is 3.64. The van der Waals surface area contributed by atoms with E-state index in [0.29, 0.717) is 16.5 Å². The van der Waals surface area contributed by atoms with Crippen LogP contribution in [0.3, 0.4) is 0 Å². The van der Waals surface area contributed by atoms with Crippen molar-refractivity contribution >= 4 is 40.5 Å². The average molecular weight is 370 g/mol. The molecule has 1 amide bonds. The van der Waals surface area contributed by atoms with E-state index in [2.05, 4.69) is 10.3 Å². The van der Waals surface area contributed by atoms with Crippen LogP contribution in [0.4, 0.5) is 5.95 Å². The molecule has 0 saturated heterocycles. The van der Waals surface area contributed by atoms with Gasteiger partial charge in [0.15, 0.2) is 5.92 Å². The summed E-state index contributed by atoms with van der Waals surface area (Å²) in [5.74, 6) is -1.70. The molecule has 0 radical (unpaired) electrons. The molecular weight excluding hydrogens is 354 g/mol. The van der Waals surface area contributed by atoms with E-state index in [1.54, 1.807) is 19.1 Å². The zero-order valence-corrected chi connectivity index (χ0v) is 14.7. The van der Waals surface area contributed by atoms with Crippen molar-refractivity contribution in [1.29, 1.82) is 0 Å². The fourth-order valence-electron chi connectivity index (χ4n) is 3.40. The van der Waals surface area contributed by atoms with E-state index < -0.39 is 23.8 Å². The number of carbonyl (C=O) groups excluding carboxylic acids is 2. The maximum Gasteiger partial charge on any atom is 0.321 e. The number of para-hydroxylation sites is 2. The molecule has 1 N–H and O–H groups in total. The molecule has 2 heterocycles. The zero-order chi connectivity index (χ0) is 18.3. The molecule has 0 spiro atoms. The Morgan fingerprint density at radius 3 is 2.73 bits per heavy atom. The number of hydrogen-bond donors (Lipinski definition) is 1. The van der Waals surface area contributed by atoms with Crippen LogP contribution in [-0.4, -0.2) is 28.0 Å². The highest BCUT2D eigenvalue weighted by Crippen LogP contribution is 2.40. The third kappa shape index (κ3) is 2.54. The topological polar surface area (TPSA) is 73.2 Å². The molecule has 2 atom stereocenters. The standard InChI is InChI=1S/C19H16ClN3O3/c1-2-26-18(25)15-16(11-7-3-4-8-12(11)20)23-14-10-6-5-9-13(14)21-19(23)22-17(15)24/h3-10,15-16H,2H2,1H3,(H,21,22,24)/t15-,16+/m0/s1. The van der Waals surface area contributed by atoms with Gasteiger partial charge in [0.1, 0.15) is 0 Å². The molecule has 0 unspecified atom stereocenters. The number of imidazole rings is 1. The van der Waals surface area contributed by atoms with Crippen LogP contribution in [0.25, 0.3) is 11.0 Å². The minimum atomic E-state index is -1.06. The fraction of sp³-hybridized carbons (Fsp3) is 0.211. The monoisotopic (exact) mass is 369 g/mol. The quantitative estimate of drug-likeness (QED) is 0.567. The summed E-state index contributed by atoms with van der Waals surface area (Å²) in [6.07, 6.45) is 0. The van der Waals surface area contributed by atoms with Crippen molar-refractivity contribution in [3.63, 3.8) is 0 Å². The molecule has 1 aliphatic heterocycles. The first-order chi connectivity index (χ1) is 12.6. The highest BCUT2D eigenvalue weighted by molar-refractivity contribution is 6.31. The van der Waals surface area contributed by atoms with Gasteiger partial charge in [-0.05, 0) is 30.7 Å². The van der Waals surface area contributed by atoms with Crippen LogP contribution in [0.15, 0.2) is 48.5 Å². The molecule has 4 rings (SSSR count). The predicted molar refractivity (Wildman–Crippen MR) is 98.1 cm³/mol. The molecule has 2 aromatic carbocycles. The molecule has 0 aliphatic carbocycles.